The lowest BCUT2D eigenvalue weighted by atomic mass is 10.1. The number of halogens is 2. The van der Waals surface area contributed by atoms with Crippen molar-refractivity contribution >= 4 is 35.1 Å². The number of nitrogens with one attached hydrogen (secondary N) is 1. The van der Waals surface area contributed by atoms with Crippen LogP contribution in [0.5, 0.6) is 5.75 Å². The minimum Gasteiger partial charge on any atom is -0.496 e. The number of rotatable bonds is 5. The van der Waals surface area contributed by atoms with E-state index in [1.807, 2.05) is 0 Å². The molecule has 0 aliphatic carbocycles. The summed E-state index contributed by atoms with van der Waals surface area (Å²) in [4.78, 5) is 27.8. The van der Waals surface area contributed by atoms with Crippen LogP contribution < -0.4 is 10.1 Å². The number of methoxy groups -OCH3 is 2. The number of aromatic nitrogens is 1. The average molecular weight is 369 g/mol. The third-order valence-electron chi connectivity index (χ3n) is 3.15. The van der Waals surface area contributed by atoms with E-state index in [9.17, 15) is 9.59 Å². The van der Waals surface area contributed by atoms with Crippen molar-refractivity contribution < 1.29 is 19.1 Å². The first kappa shape index (κ1) is 18.0. The van der Waals surface area contributed by atoms with Crippen molar-refractivity contribution in [3.8, 4) is 5.75 Å². The van der Waals surface area contributed by atoms with Crippen molar-refractivity contribution in [1.82, 2.24) is 10.3 Å². The fourth-order valence-corrected chi connectivity index (χ4v) is 2.32. The molecule has 0 saturated carbocycles. The molecule has 0 aliphatic heterocycles. The molecule has 24 heavy (non-hydrogen) atoms. The minimum atomic E-state index is -0.528. The number of carbonyl (C=O) groups is 2. The van der Waals surface area contributed by atoms with Gasteiger partial charge in [0.25, 0.3) is 5.91 Å². The van der Waals surface area contributed by atoms with Crippen LogP contribution in [0.4, 0.5) is 0 Å². The lowest BCUT2D eigenvalue weighted by Gasteiger charge is -2.10. The molecular weight excluding hydrogens is 355 g/mol. The number of pyridine rings is 1. The number of hydrogen-bond donors (Lipinski definition) is 1. The van der Waals surface area contributed by atoms with Crippen LogP contribution in [0, 0.1) is 0 Å². The van der Waals surface area contributed by atoms with Gasteiger partial charge < -0.3 is 14.8 Å². The Kier molecular flexibility index (Phi) is 6.00. The molecule has 1 heterocycles. The molecule has 0 fully saturated rings. The van der Waals surface area contributed by atoms with Gasteiger partial charge >= 0.3 is 5.97 Å². The normalized spacial score (nSPS) is 10.2. The number of benzene rings is 1. The van der Waals surface area contributed by atoms with Gasteiger partial charge in [0, 0.05) is 6.54 Å². The molecular formula is C16H14Cl2N2O4. The Morgan fingerprint density at radius 2 is 1.92 bits per heavy atom. The molecule has 0 saturated heterocycles. The Morgan fingerprint density at radius 1 is 1.17 bits per heavy atom. The molecule has 126 valence electrons. The first-order chi connectivity index (χ1) is 11.5. The van der Waals surface area contributed by atoms with E-state index in [2.05, 4.69) is 10.3 Å². The van der Waals surface area contributed by atoms with Gasteiger partial charge in [0.05, 0.1) is 19.2 Å². The fraction of sp³-hybridized carbons (Fsp3) is 0.188. The Morgan fingerprint density at radius 3 is 2.58 bits per heavy atom. The Hall–Kier alpha value is -2.31. The maximum Gasteiger partial charge on any atom is 0.341 e. The summed E-state index contributed by atoms with van der Waals surface area (Å²) in [5, 5.41) is 3.03. The molecule has 0 unspecified atom stereocenters. The molecule has 6 nitrogen and oxygen atoms in total. The molecule has 0 spiro atoms. The van der Waals surface area contributed by atoms with Crippen molar-refractivity contribution in [3.05, 3.63) is 57.3 Å². The predicted molar refractivity (Wildman–Crippen MR) is 89.8 cm³/mol. The van der Waals surface area contributed by atoms with Crippen LogP contribution in [0.15, 0.2) is 30.3 Å². The van der Waals surface area contributed by atoms with E-state index >= 15 is 0 Å². The number of amides is 1. The second-order valence-corrected chi connectivity index (χ2v) is 5.47. The molecule has 0 radical (unpaired) electrons. The van der Waals surface area contributed by atoms with Gasteiger partial charge in [-0.15, -0.1) is 0 Å². The van der Waals surface area contributed by atoms with Crippen LogP contribution in [-0.2, 0) is 11.3 Å². The number of nitrogens with zero attached hydrogens (tertiary/aromatic N) is 1. The highest BCUT2D eigenvalue weighted by Gasteiger charge is 2.15. The number of esters is 1. The fourth-order valence-electron chi connectivity index (χ4n) is 1.98. The van der Waals surface area contributed by atoms with E-state index in [-0.39, 0.29) is 28.0 Å². The van der Waals surface area contributed by atoms with Crippen LogP contribution in [0.1, 0.15) is 26.4 Å². The molecule has 1 aromatic heterocycles. The molecule has 2 aromatic rings. The zero-order chi connectivity index (χ0) is 17.7. The van der Waals surface area contributed by atoms with Crippen LogP contribution >= 0.6 is 23.2 Å². The van der Waals surface area contributed by atoms with Gasteiger partial charge in [-0.2, -0.15) is 0 Å². The van der Waals surface area contributed by atoms with Crippen molar-refractivity contribution in [3.63, 3.8) is 0 Å². The number of ether oxygens (including phenoxy) is 2. The topological polar surface area (TPSA) is 77.5 Å². The molecule has 0 atom stereocenters. The van der Waals surface area contributed by atoms with Crippen molar-refractivity contribution in [2.45, 2.75) is 6.54 Å². The van der Waals surface area contributed by atoms with Crippen LogP contribution in [0.25, 0.3) is 0 Å². The molecule has 2 rings (SSSR count). The Labute approximate surface area is 148 Å². The lowest BCUT2D eigenvalue weighted by molar-refractivity contribution is 0.0597. The summed E-state index contributed by atoms with van der Waals surface area (Å²) in [5.74, 6) is -0.617. The second-order valence-electron chi connectivity index (χ2n) is 4.67. The molecule has 1 N–H and O–H groups in total. The monoisotopic (exact) mass is 368 g/mol. The summed E-state index contributed by atoms with van der Waals surface area (Å²) >= 11 is 11.7. The van der Waals surface area contributed by atoms with Crippen molar-refractivity contribution in [2.75, 3.05) is 14.2 Å². The lowest BCUT2D eigenvalue weighted by Crippen LogP contribution is -2.24. The third-order valence-corrected chi connectivity index (χ3v) is 3.66. The van der Waals surface area contributed by atoms with Gasteiger partial charge in [0.2, 0.25) is 0 Å². The van der Waals surface area contributed by atoms with E-state index in [1.54, 1.807) is 18.2 Å². The zero-order valence-corrected chi connectivity index (χ0v) is 14.4. The summed E-state index contributed by atoms with van der Waals surface area (Å²) in [7, 11) is 2.74. The summed E-state index contributed by atoms with van der Waals surface area (Å²) < 4.78 is 9.83. The highest BCUT2D eigenvalue weighted by Crippen LogP contribution is 2.21. The van der Waals surface area contributed by atoms with Gasteiger partial charge in [0.1, 0.15) is 22.2 Å². The molecule has 8 heteroatoms. The second kappa shape index (κ2) is 7.99. The summed E-state index contributed by atoms with van der Waals surface area (Å²) in [6.07, 6.45) is 0. The highest BCUT2D eigenvalue weighted by molar-refractivity contribution is 6.34. The highest BCUT2D eigenvalue weighted by atomic mass is 35.5. The summed E-state index contributed by atoms with van der Waals surface area (Å²) in [5.41, 5.74) is 0.985. The Bertz CT molecular complexity index is 781. The molecule has 0 aliphatic rings. The first-order valence-corrected chi connectivity index (χ1v) is 7.57. The third kappa shape index (κ3) is 4.15. The van der Waals surface area contributed by atoms with Gasteiger partial charge in [-0.1, -0.05) is 29.3 Å². The maximum atomic E-state index is 12.2. The quantitative estimate of drug-likeness (QED) is 0.647. The number of carbonyl (C=O) groups excluding carboxylic acids is 2. The van der Waals surface area contributed by atoms with E-state index in [0.717, 1.165) is 0 Å². The van der Waals surface area contributed by atoms with E-state index < -0.39 is 11.9 Å². The minimum absolute atomic E-state index is 0.0332. The van der Waals surface area contributed by atoms with Gasteiger partial charge in [-0.25, -0.2) is 9.78 Å². The van der Waals surface area contributed by atoms with Crippen molar-refractivity contribution in [1.29, 1.82) is 0 Å². The first-order valence-electron chi connectivity index (χ1n) is 6.81. The smallest absolute Gasteiger partial charge is 0.341 e. The maximum absolute atomic E-state index is 12.2. The summed E-state index contributed by atoms with van der Waals surface area (Å²) in [6.45, 7) is 0.164. The van der Waals surface area contributed by atoms with Crippen molar-refractivity contribution in [2.24, 2.45) is 0 Å². The van der Waals surface area contributed by atoms with E-state index in [4.69, 9.17) is 32.7 Å². The predicted octanol–water partition coefficient (Wildman–Crippen LogP) is 3.11. The Balaban J connectivity index is 2.15. The standard InChI is InChI=1S/C16H14Cl2N2O4/c1-23-12-5-3-9(7-10(12)16(22)24-2)8-19-15(21)14-11(17)4-6-13(18)20-14/h3-7H,8H2,1-2H3,(H,19,21). The molecule has 0 bridgehead atoms. The molecule has 1 aromatic carbocycles. The zero-order valence-electron chi connectivity index (χ0n) is 12.9. The van der Waals surface area contributed by atoms with Gasteiger partial charge in [-0.3, -0.25) is 4.79 Å². The van der Waals surface area contributed by atoms with Crippen LogP contribution in [0.2, 0.25) is 10.2 Å². The van der Waals surface area contributed by atoms with Crippen LogP contribution in [0.3, 0.4) is 0 Å². The largest absolute Gasteiger partial charge is 0.496 e. The SMILES string of the molecule is COC(=O)c1cc(CNC(=O)c2nc(Cl)ccc2Cl)ccc1OC. The van der Waals surface area contributed by atoms with E-state index in [0.29, 0.717) is 11.3 Å². The average Bonchev–Trinajstić information content (AvgIpc) is 2.60. The molecule has 1 amide bonds. The number of hydrogen-bond acceptors (Lipinski definition) is 5. The summed E-state index contributed by atoms with van der Waals surface area (Å²) in [6, 6.07) is 7.91. The van der Waals surface area contributed by atoms with E-state index in [1.165, 1.54) is 26.4 Å². The van der Waals surface area contributed by atoms with Gasteiger partial charge in [-0.05, 0) is 29.8 Å². The van der Waals surface area contributed by atoms with Gasteiger partial charge in [0.15, 0.2) is 0 Å². The van der Waals surface area contributed by atoms with Crippen LogP contribution in [-0.4, -0.2) is 31.1 Å².